The zero-order chi connectivity index (χ0) is 14.0. The predicted molar refractivity (Wildman–Crippen MR) is 77.8 cm³/mol. The summed E-state index contributed by atoms with van der Waals surface area (Å²) < 4.78 is 0. The summed E-state index contributed by atoms with van der Waals surface area (Å²) in [5.41, 5.74) is 7.68. The van der Waals surface area contributed by atoms with Gasteiger partial charge in [-0.1, -0.05) is 23.2 Å². The molecule has 0 bridgehead atoms. The van der Waals surface area contributed by atoms with Crippen molar-refractivity contribution in [2.75, 3.05) is 11.1 Å². The minimum atomic E-state index is -0.325. The number of anilines is 2. The van der Waals surface area contributed by atoms with Gasteiger partial charge in [0.15, 0.2) is 0 Å². The Morgan fingerprint density at radius 3 is 2.42 bits per heavy atom. The molecule has 1 amide bonds. The number of nitrogen functional groups attached to an aromatic ring is 1. The van der Waals surface area contributed by atoms with Crippen LogP contribution in [0.5, 0.6) is 0 Å². The minimum absolute atomic E-state index is 0.250. The highest BCUT2D eigenvalue weighted by Gasteiger charge is 2.11. The number of amides is 1. The first-order valence-corrected chi connectivity index (χ1v) is 6.21. The van der Waals surface area contributed by atoms with Crippen LogP contribution in [-0.2, 0) is 0 Å². The maximum atomic E-state index is 12.0. The van der Waals surface area contributed by atoms with Crippen molar-refractivity contribution in [2.24, 2.45) is 0 Å². The maximum absolute atomic E-state index is 12.0. The van der Waals surface area contributed by atoms with Gasteiger partial charge in [0.05, 0.1) is 27.6 Å². The average Bonchev–Trinajstić information content (AvgIpc) is 2.38. The van der Waals surface area contributed by atoms with Gasteiger partial charge in [-0.2, -0.15) is 0 Å². The van der Waals surface area contributed by atoms with Crippen molar-refractivity contribution in [2.45, 2.75) is 6.92 Å². The van der Waals surface area contributed by atoms with Gasteiger partial charge in [0.25, 0.3) is 5.91 Å². The fourth-order valence-corrected chi connectivity index (χ4v) is 1.95. The number of rotatable bonds is 2. The number of nitrogens with one attached hydrogen (secondary N) is 1. The molecule has 19 heavy (non-hydrogen) atoms. The molecule has 0 aliphatic rings. The van der Waals surface area contributed by atoms with Gasteiger partial charge in [-0.05, 0) is 31.2 Å². The molecule has 0 unspecified atom stereocenters. The maximum Gasteiger partial charge on any atom is 0.255 e. The van der Waals surface area contributed by atoms with Crippen molar-refractivity contribution in [1.29, 1.82) is 0 Å². The largest absolute Gasteiger partial charge is 0.396 e. The highest BCUT2D eigenvalue weighted by Crippen LogP contribution is 2.29. The summed E-state index contributed by atoms with van der Waals surface area (Å²) in [6, 6.07) is 6.51. The first-order valence-electron chi connectivity index (χ1n) is 5.46. The van der Waals surface area contributed by atoms with Crippen LogP contribution in [0.15, 0.2) is 30.5 Å². The topological polar surface area (TPSA) is 68.0 Å². The standard InChI is InChI=1S/C13H11Cl2N3O/c1-7-2-3-9(6-17-7)18-13(19)8-4-10(14)12(16)11(15)5-8/h2-6H,16H2,1H3,(H,18,19). The van der Waals surface area contributed by atoms with Crippen molar-refractivity contribution in [3.63, 3.8) is 0 Å². The number of nitrogens with zero attached hydrogens (tertiary/aromatic N) is 1. The summed E-state index contributed by atoms with van der Waals surface area (Å²) in [6.07, 6.45) is 1.58. The summed E-state index contributed by atoms with van der Waals surface area (Å²) in [6.45, 7) is 1.87. The third-order valence-electron chi connectivity index (χ3n) is 2.51. The van der Waals surface area contributed by atoms with Crippen molar-refractivity contribution in [1.82, 2.24) is 4.98 Å². The zero-order valence-electron chi connectivity index (χ0n) is 10.1. The van der Waals surface area contributed by atoms with Gasteiger partial charge in [-0.3, -0.25) is 9.78 Å². The van der Waals surface area contributed by atoms with E-state index in [4.69, 9.17) is 28.9 Å². The van der Waals surface area contributed by atoms with E-state index < -0.39 is 0 Å². The minimum Gasteiger partial charge on any atom is -0.396 e. The molecule has 0 radical (unpaired) electrons. The lowest BCUT2D eigenvalue weighted by Gasteiger charge is -2.08. The number of hydrogen-bond donors (Lipinski definition) is 2. The van der Waals surface area contributed by atoms with Gasteiger partial charge >= 0.3 is 0 Å². The predicted octanol–water partition coefficient (Wildman–Crippen LogP) is 3.53. The summed E-state index contributed by atoms with van der Waals surface area (Å²) in [4.78, 5) is 16.1. The number of carbonyl (C=O) groups is 1. The second kappa shape index (κ2) is 5.47. The molecule has 2 aromatic rings. The molecule has 0 saturated carbocycles. The number of nitrogens with two attached hydrogens (primary N) is 1. The van der Waals surface area contributed by atoms with E-state index in [1.54, 1.807) is 18.3 Å². The number of halogens is 2. The fraction of sp³-hybridized carbons (Fsp3) is 0.0769. The number of aryl methyl sites for hydroxylation is 1. The van der Waals surface area contributed by atoms with Crippen molar-refractivity contribution < 1.29 is 4.79 Å². The Hall–Kier alpha value is -1.78. The first-order chi connectivity index (χ1) is 8.97. The molecule has 6 heteroatoms. The molecule has 1 aromatic heterocycles. The Morgan fingerprint density at radius 1 is 1.26 bits per heavy atom. The van der Waals surface area contributed by atoms with Crippen molar-refractivity contribution in [3.05, 3.63) is 51.8 Å². The molecule has 0 saturated heterocycles. The van der Waals surface area contributed by atoms with Crippen LogP contribution in [0.3, 0.4) is 0 Å². The van der Waals surface area contributed by atoms with Gasteiger partial charge in [0, 0.05) is 11.3 Å². The van der Waals surface area contributed by atoms with E-state index in [9.17, 15) is 4.79 Å². The molecule has 0 aliphatic heterocycles. The van der Waals surface area contributed by atoms with Crippen molar-refractivity contribution in [3.8, 4) is 0 Å². The van der Waals surface area contributed by atoms with Crippen LogP contribution in [0, 0.1) is 6.92 Å². The van der Waals surface area contributed by atoms with Crippen LogP contribution < -0.4 is 11.1 Å². The molecule has 4 nitrogen and oxygen atoms in total. The smallest absolute Gasteiger partial charge is 0.255 e. The lowest BCUT2D eigenvalue weighted by molar-refractivity contribution is 0.102. The van der Waals surface area contributed by atoms with Gasteiger partial charge in [0.1, 0.15) is 0 Å². The number of pyridine rings is 1. The molecule has 0 aliphatic carbocycles. The van der Waals surface area contributed by atoms with E-state index in [2.05, 4.69) is 10.3 Å². The molecule has 3 N–H and O–H groups in total. The fourth-order valence-electron chi connectivity index (χ4n) is 1.46. The molecule has 0 fully saturated rings. The van der Waals surface area contributed by atoms with Crippen LogP contribution in [0.1, 0.15) is 16.1 Å². The Labute approximate surface area is 120 Å². The van der Waals surface area contributed by atoms with Gasteiger partial charge in [-0.15, -0.1) is 0 Å². The number of aromatic nitrogens is 1. The Balaban J connectivity index is 2.23. The number of benzene rings is 1. The molecule has 0 spiro atoms. The first kappa shape index (κ1) is 13.6. The number of hydrogen-bond acceptors (Lipinski definition) is 3. The zero-order valence-corrected chi connectivity index (χ0v) is 11.6. The second-order valence-corrected chi connectivity index (χ2v) is 4.81. The van der Waals surface area contributed by atoms with E-state index >= 15 is 0 Å². The van der Waals surface area contributed by atoms with E-state index in [1.807, 2.05) is 6.92 Å². The summed E-state index contributed by atoms with van der Waals surface area (Å²) in [7, 11) is 0. The van der Waals surface area contributed by atoms with E-state index in [0.717, 1.165) is 5.69 Å². The van der Waals surface area contributed by atoms with Gasteiger partial charge < -0.3 is 11.1 Å². The third-order valence-corrected chi connectivity index (χ3v) is 3.14. The highest BCUT2D eigenvalue weighted by molar-refractivity contribution is 6.39. The van der Waals surface area contributed by atoms with Crippen LogP contribution in [0.4, 0.5) is 11.4 Å². The van der Waals surface area contributed by atoms with E-state index in [-0.39, 0.29) is 21.6 Å². The SMILES string of the molecule is Cc1ccc(NC(=O)c2cc(Cl)c(N)c(Cl)c2)cn1. The lowest BCUT2D eigenvalue weighted by atomic mass is 10.2. The van der Waals surface area contributed by atoms with E-state index in [0.29, 0.717) is 11.3 Å². The second-order valence-electron chi connectivity index (χ2n) is 4.00. The molecule has 98 valence electrons. The highest BCUT2D eigenvalue weighted by atomic mass is 35.5. The Morgan fingerprint density at radius 2 is 1.89 bits per heavy atom. The average molecular weight is 296 g/mol. The summed E-state index contributed by atoms with van der Waals surface area (Å²) in [5.74, 6) is -0.325. The van der Waals surface area contributed by atoms with Crippen LogP contribution >= 0.6 is 23.2 Å². The molecule has 0 atom stereocenters. The quantitative estimate of drug-likeness (QED) is 0.833. The van der Waals surface area contributed by atoms with Crippen molar-refractivity contribution >= 4 is 40.5 Å². The molecule has 1 aromatic carbocycles. The lowest BCUT2D eigenvalue weighted by Crippen LogP contribution is -2.12. The van der Waals surface area contributed by atoms with E-state index in [1.165, 1.54) is 12.1 Å². The molecule has 2 rings (SSSR count). The van der Waals surface area contributed by atoms with Crippen LogP contribution in [0.2, 0.25) is 10.0 Å². The summed E-state index contributed by atoms with van der Waals surface area (Å²) in [5, 5.41) is 3.20. The van der Waals surface area contributed by atoms with Gasteiger partial charge in [0.2, 0.25) is 0 Å². The normalized spacial score (nSPS) is 10.3. The van der Waals surface area contributed by atoms with Crippen LogP contribution in [-0.4, -0.2) is 10.9 Å². The monoisotopic (exact) mass is 295 g/mol. The number of carbonyl (C=O) groups excluding carboxylic acids is 1. The van der Waals surface area contributed by atoms with Crippen LogP contribution in [0.25, 0.3) is 0 Å². The molecular formula is C13H11Cl2N3O. The summed E-state index contributed by atoms with van der Waals surface area (Å²) >= 11 is 11.8. The third kappa shape index (κ3) is 3.16. The molecular weight excluding hydrogens is 285 g/mol. The Bertz CT molecular complexity index is 603. The van der Waals surface area contributed by atoms with Gasteiger partial charge in [-0.25, -0.2) is 0 Å². The molecule has 1 heterocycles. The Kier molecular flexibility index (Phi) is 3.93.